The van der Waals surface area contributed by atoms with E-state index in [-0.39, 0.29) is 0 Å². The van der Waals surface area contributed by atoms with Crippen molar-refractivity contribution in [3.8, 4) is 0 Å². The molecule has 0 radical (unpaired) electrons. The summed E-state index contributed by atoms with van der Waals surface area (Å²) in [6, 6.07) is 0. The lowest BCUT2D eigenvalue weighted by Gasteiger charge is -2.08. The Morgan fingerprint density at radius 3 is 2.10 bits per heavy atom. The van der Waals surface area contributed by atoms with Crippen LogP contribution in [0.1, 0.15) is 13.3 Å². The van der Waals surface area contributed by atoms with E-state index in [1.165, 1.54) is 0 Å². The summed E-state index contributed by atoms with van der Waals surface area (Å²) >= 11 is 4.80. The Balaban J connectivity index is 3.80. The average molecular weight is 175 g/mol. The molecule has 1 atom stereocenters. The zero-order chi connectivity index (χ0) is 8.36. The zero-order valence-corrected chi connectivity index (χ0v) is 5.96. The highest BCUT2D eigenvalue weighted by molar-refractivity contribution is 6.63. The molecule has 0 aromatic carbocycles. The van der Waals surface area contributed by atoms with Crippen molar-refractivity contribution < 1.29 is 18.0 Å². The smallest absolute Gasteiger partial charge is 0.281 e. The Morgan fingerprint density at radius 2 is 2.00 bits per heavy atom. The summed E-state index contributed by atoms with van der Waals surface area (Å²) in [5.41, 5.74) is 0. The molecule has 0 aliphatic rings. The Morgan fingerprint density at radius 1 is 1.60 bits per heavy atom. The fraction of sp³-hybridized carbons (Fsp3) is 0.800. The van der Waals surface area contributed by atoms with Gasteiger partial charge in [-0.3, -0.25) is 4.79 Å². The van der Waals surface area contributed by atoms with Crippen LogP contribution in [-0.2, 0) is 4.79 Å². The molecule has 0 spiro atoms. The van der Waals surface area contributed by atoms with Gasteiger partial charge in [-0.05, 0) is 11.6 Å². The number of carbonyl (C=O) groups excluding carboxylic acids is 1. The van der Waals surface area contributed by atoms with Crippen LogP contribution in [0.25, 0.3) is 0 Å². The van der Waals surface area contributed by atoms with Crippen LogP contribution in [0.4, 0.5) is 13.2 Å². The van der Waals surface area contributed by atoms with Crippen molar-refractivity contribution in [3.63, 3.8) is 0 Å². The zero-order valence-electron chi connectivity index (χ0n) is 5.20. The molecule has 0 fully saturated rings. The molecule has 0 aliphatic heterocycles. The number of carbonyl (C=O) groups is 1. The minimum atomic E-state index is -4.30. The van der Waals surface area contributed by atoms with Crippen molar-refractivity contribution in [1.82, 2.24) is 0 Å². The standard InChI is InChI=1S/C5H6ClF3O/c1-3(4(6)10)2-5(7,8)9/h3H,2H2,1H3/t3-/m1/s1. The molecule has 0 aliphatic carbocycles. The van der Waals surface area contributed by atoms with E-state index in [9.17, 15) is 18.0 Å². The molecule has 0 rings (SSSR count). The molecule has 0 bridgehead atoms. The quantitative estimate of drug-likeness (QED) is 0.588. The Hall–Kier alpha value is -0.250. The minimum absolute atomic E-state index is 0.947. The number of hydrogen-bond acceptors (Lipinski definition) is 1. The largest absolute Gasteiger partial charge is 0.389 e. The third kappa shape index (κ3) is 4.61. The predicted molar refractivity (Wildman–Crippen MR) is 30.7 cm³/mol. The minimum Gasteiger partial charge on any atom is -0.281 e. The molecule has 0 N–H and O–H groups in total. The maximum atomic E-state index is 11.5. The molecular weight excluding hydrogens is 169 g/mol. The van der Waals surface area contributed by atoms with E-state index in [1.54, 1.807) is 0 Å². The van der Waals surface area contributed by atoms with Gasteiger partial charge in [0.05, 0.1) is 6.42 Å². The maximum Gasteiger partial charge on any atom is 0.389 e. The fourth-order valence-electron chi connectivity index (χ4n) is 0.427. The predicted octanol–water partition coefficient (Wildman–Crippen LogP) is 2.34. The van der Waals surface area contributed by atoms with Crippen LogP contribution < -0.4 is 0 Å². The molecule has 0 saturated carbocycles. The molecule has 60 valence electrons. The van der Waals surface area contributed by atoms with Gasteiger partial charge < -0.3 is 0 Å². The van der Waals surface area contributed by atoms with E-state index >= 15 is 0 Å². The van der Waals surface area contributed by atoms with E-state index in [4.69, 9.17) is 11.6 Å². The summed E-state index contributed by atoms with van der Waals surface area (Å²) in [5, 5.41) is -0.947. The summed E-state index contributed by atoms with van der Waals surface area (Å²) < 4.78 is 34.4. The normalized spacial score (nSPS) is 14.9. The van der Waals surface area contributed by atoms with Gasteiger partial charge in [-0.1, -0.05) is 6.92 Å². The van der Waals surface area contributed by atoms with Gasteiger partial charge in [0.15, 0.2) is 0 Å². The molecule has 0 saturated heterocycles. The van der Waals surface area contributed by atoms with Crippen LogP contribution in [0.15, 0.2) is 0 Å². The second-order valence-electron chi connectivity index (χ2n) is 2.02. The fourth-order valence-corrected chi connectivity index (χ4v) is 0.505. The Bertz CT molecular complexity index is 131. The van der Waals surface area contributed by atoms with Crippen molar-refractivity contribution in [1.29, 1.82) is 0 Å². The molecule has 0 unspecified atom stereocenters. The summed E-state index contributed by atoms with van der Waals surface area (Å²) in [7, 11) is 0. The first kappa shape index (κ1) is 9.75. The molecule has 0 aromatic heterocycles. The van der Waals surface area contributed by atoms with E-state index in [1.807, 2.05) is 0 Å². The summed E-state index contributed by atoms with van der Waals surface area (Å²) in [6.07, 6.45) is -5.45. The first-order valence-electron chi connectivity index (χ1n) is 2.59. The second kappa shape index (κ2) is 3.23. The average Bonchev–Trinajstić information content (AvgIpc) is 1.60. The van der Waals surface area contributed by atoms with E-state index in [0.717, 1.165) is 6.92 Å². The molecule has 10 heavy (non-hydrogen) atoms. The summed E-state index contributed by atoms with van der Waals surface area (Å²) in [6.45, 7) is 1.14. The third-order valence-corrected chi connectivity index (χ3v) is 1.30. The molecule has 5 heteroatoms. The summed E-state index contributed by atoms with van der Waals surface area (Å²) in [5.74, 6) is -1.14. The van der Waals surface area contributed by atoms with Crippen molar-refractivity contribution in [2.24, 2.45) is 5.92 Å². The van der Waals surface area contributed by atoms with Gasteiger partial charge in [-0.25, -0.2) is 0 Å². The highest BCUT2D eigenvalue weighted by Gasteiger charge is 2.32. The van der Waals surface area contributed by atoms with Crippen LogP contribution in [0, 0.1) is 5.92 Å². The Labute approximate surface area is 61.2 Å². The molecule has 0 heterocycles. The van der Waals surface area contributed by atoms with E-state index in [2.05, 4.69) is 0 Å². The van der Waals surface area contributed by atoms with Gasteiger partial charge in [-0.2, -0.15) is 13.2 Å². The van der Waals surface area contributed by atoms with Gasteiger partial charge in [0.1, 0.15) is 0 Å². The molecule has 0 amide bonds. The number of alkyl halides is 3. The molecule has 1 nitrogen and oxygen atoms in total. The van der Waals surface area contributed by atoms with E-state index < -0.39 is 23.8 Å². The van der Waals surface area contributed by atoms with E-state index in [0.29, 0.717) is 0 Å². The molecular formula is C5H6ClF3O. The van der Waals surface area contributed by atoms with Crippen LogP contribution in [0.5, 0.6) is 0 Å². The van der Waals surface area contributed by atoms with Crippen molar-refractivity contribution in [3.05, 3.63) is 0 Å². The maximum absolute atomic E-state index is 11.5. The third-order valence-electron chi connectivity index (χ3n) is 0.925. The highest BCUT2D eigenvalue weighted by atomic mass is 35.5. The lowest BCUT2D eigenvalue weighted by molar-refractivity contribution is -0.148. The van der Waals surface area contributed by atoms with Gasteiger partial charge in [0.2, 0.25) is 5.24 Å². The lowest BCUT2D eigenvalue weighted by atomic mass is 10.1. The first-order chi connectivity index (χ1) is 4.33. The SMILES string of the molecule is C[C@H](CC(F)(F)F)C(=O)Cl. The van der Waals surface area contributed by atoms with Gasteiger partial charge in [0.25, 0.3) is 0 Å². The van der Waals surface area contributed by atoms with Crippen LogP contribution in [0.2, 0.25) is 0 Å². The van der Waals surface area contributed by atoms with Crippen LogP contribution >= 0.6 is 11.6 Å². The highest BCUT2D eigenvalue weighted by Crippen LogP contribution is 2.25. The number of rotatable bonds is 2. The van der Waals surface area contributed by atoms with Gasteiger partial charge >= 0.3 is 6.18 Å². The van der Waals surface area contributed by atoms with Crippen molar-refractivity contribution in [2.45, 2.75) is 19.5 Å². The van der Waals surface area contributed by atoms with Crippen molar-refractivity contribution in [2.75, 3.05) is 0 Å². The number of halogens is 4. The van der Waals surface area contributed by atoms with Crippen LogP contribution in [0.3, 0.4) is 0 Å². The topological polar surface area (TPSA) is 17.1 Å². The van der Waals surface area contributed by atoms with Crippen molar-refractivity contribution >= 4 is 16.8 Å². The van der Waals surface area contributed by atoms with Crippen LogP contribution in [-0.4, -0.2) is 11.4 Å². The molecule has 0 aromatic rings. The van der Waals surface area contributed by atoms with Gasteiger partial charge in [-0.15, -0.1) is 0 Å². The second-order valence-corrected chi connectivity index (χ2v) is 2.40. The Kier molecular flexibility index (Phi) is 3.15. The lowest BCUT2D eigenvalue weighted by Crippen LogP contribution is -2.16. The first-order valence-corrected chi connectivity index (χ1v) is 2.97. The monoisotopic (exact) mass is 174 g/mol. The number of hydrogen-bond donors (Lipinski definition) is 0. The van der Waals surface area contributed by atoms with Gasteiger partial charge in [0, 0.05) is 5.92 Å². The summed E-state index contributed by atoms with van der Waals surface area (Å²) in [4.78, 5) is 10.1.